The van der Waals surface area contributed by atoms with Gasteiger partial charge in [0, 0.05) is 13.1 Å². The van der Waals surface area contributed by atoms with Gasteiger partial charge in [-0.2, -0.15) is 0 Å². The maximum atomic E-state index is 14.1. The van der Waals surface area contributed by atoms with E-state index in [1.165, 1.54) is 125 Å². The zero-order valence-corrected chi connectivity index (χ0v) is 31.5. The molecule has 7 aliphatic rings. The van der Waals surface area contributed by atoms with E-state index in [1.807, 2.05) is 0 Å². The first kappa shape index (κ1) is 34.4. The first-order valence-electron chi connectivity index (χ1n) is 20.3. The van der Waals surface area contributed by atoms with Crippen LogP contribution in [0.1, 0.15) is 151 Å². The number of carbonyl (C=O) groups excluding carboxylic acids is 4. The van der Waals surface area contributed by atoms with Crippen LogP contribution in [0.15, 0.2) is 46.2 Å². The summed E-state index contributed by atoms with van der Waals surface area (Å²) in [5, 5.41) is 0. The van der Waals surface area contributed by atoms with Gasteiger partial charge in [-0.05, 0) is 147 Å². The first-order valence-corrected chi connectivity index (χ1v) is 21.7. The Morgan fingerprint density at radius 2 is 1.00 bits per heavy atom. The number of imide groups is 2. The smallest absolute Gasteiger partial charge is 0.261 e. The van der Waals surface area contributed by atoms with Gasteiger partial charge >= 0.3 is 0 Å². The van der Waals surface area contributed by atoms with Crippen LogP contribution in [0, 0.1) is 46.8 Å². The summed E-state index contributed by atoms with van der Waals surface area (Å²) in [5.74, 6) is 3.94. The van der Waals surface area contributed by atoms with E-state index in [-0.39, 0.29) is 44.0 Å². The Morgan fingerprint density at radius 1 is 0.558 bits per heavy atom. The molecule has 0 bridgehead atoms. The normalized spacial score (nSPS) is 36.1. The molecule has 0 N–H and O–H groups in total. The zero-order valence-electron chi connectivity index (χ0n) is 30.6. The Balaban J connectivity index is 0.972. The Bertz CT molecular complexity index is 1930. The highest BCUT2D eigenvalue weighted by atomic mass is 32.2. The number of nitrogens with zero attached hydrogens (tertiary/aromatic N) is 2. The van der Waals surface area contributed by atoms with Crippen LogP contribution in [0.3, 0.4) is 0 Å². The van der Waals surface area contributed by atoms with Crippen LogP contribution in [-0.2, 0) is 9.84 Å². The lowest BCUT2D eigenvalue weighted by Gasteiger charge is -2.57. The number of hydrogen-bond donors (Lipinski definition) is 0. The van der Waals surface area contributed by atoms with Gasteiger partial charge in [0.05, 0.1) is 32.0 Å². The summed E-state index contributed by atoms with van der Waals surface area (Å²) in [6, 6.07) is 7.90. The Kier molecular flexibility index (Phi) is 8.36. The molecule has 5 fully saturated rings. The standard InChI is InChI=1S/C43H52N2O6S/c1-25-11-13-26(14-12-25)43(37-9-5-3-7-31(37)32-8-4-6-10-38(32)43)27-15-17-28(18-16-27)45-41(48)34-22-20-30(24-36(34)42(45)49)52(50,51)29-19-21-33-35(23-29)40(47)44(2)39(33)46/h19-28,31-32,37-38H,3-18H2,1-2H3. The SMILES string of the molecule is CC1CCC(C2(C3CCC(N4C(=O)c5ccc(S(=O)(=O)c6ccc7c(c6)C(=O)N(C)C7=O)cc5C4=O)CC3)C3CCCCC3C3CCCCC32)CC1. The second-order valence-electron chi connectivity index (χ2n) is 17.6. The van der Waals surface area contributed by atoms with E-state index in [0.717, 1.165) is 66.1 Å². The molecule has 0 saturated heterocycles. The van der Waals surface area contributed by atoms with E-state index in [1.54, 1.807) is 0 Å². The summed E-state index contributed by atoms with van der Waals surface area (Å²) in [6.07, 6.45) is 20.3. The van der Waals surface area contributed by atoms with Crippen LogP contribution in [0.2, 0.25) is 0 Å². The van der Waals surface area contributed by atoms with Gasteiger partial charge in [0.1, 0.15) is 0 Å². The molecule has 2 aliphatic heterocycles. The number of sulfone groups is 1. The Morgan fingerprint density at radius 3 is 1.56 bits per heavy atom. The fourth-order valence-corrected chi connectivity index (χ4v) is 14.7. The molecule has 0 spiro atoms. The minimum absolute atomic E-state index is 0.0400. The molecule has 9 heteroatoms. The third-order valence-corrected chi connectivity index (χ3v) is 17.3. The van der Waals surface area contributed by atoms with E-state index in [9.17, 15) is 27.6 Å². The van der Waals surface area contributed by atoms with Crippen molar-refractivity contribution in [1.82, 2.24) is 9.80 Å². The maximum absolute atomic E-state index is 14.1. The second kappa shape index (κ2) is 12.6. The van der Waals surface area contributed by atoms with E-state index in [0.29, 0.717) is 11.3 Å². The molecule has 0 radical (unpaired) electrons. The van der Waals surface area contributed by atoms with Crippen LogP contribution in [-0.4, -0.2) is 54.9 Å². The van der Waals surface area contributed by atoms with E-state index < -0.39 is 27.6 Å². The summed E-state index contributed by atoms with van der Waals surface area (Å²) >= 11 is 0. The molecule has 2 aromatic rings. The van der Waals surface area contributed by atoms with Crippen molar-refractivity contribution in [3.8, 4) is 0 Å². The van der Waals surface area contributed by atoms with E-state index in [2.05, 4.69) is 6.92 Å². The topological polar surface area (TPSA) is 109 Å². The van der Waals surface area contributed by atoms with Crippen molar-refractivity contribution >= 4 is 33.5 Å². The molecule has 9 rings (SSSR count). The monoisotopic (exact) mass is 724 g/mol. The molecule has 8 nitrogen and oxygen atoms in total. The fourth-order valence-electron chi connectivity index (χ4n) is 13.4. The second-order valence-corrected chi connectivity index (χ2v) is 19.6. The highest BCUT2D eigenvalue weighted by molar-refractivity contribution is 7.91. The minimum atomic E-state index is -4.15. The fraction of sp³-hybridized carbons (Fsp3) is 0.628. The van der Waals surface area contributed by atoms with Crippen molar-refractivity contribution in [3.05, 3.63) is 58.7 Å². The van der Waals surface area contributed by atoms with Gasteiger partial charge in [0.2, 0.25) is 9.84 Å². The summed E-state index contributed by atoms with van der Waals surface area (Å²) in [4.78, 5) is 55.1. The molecule has 0 aromatic heterocycles. The maximum Gasteiger partial charge on any atom is 0.261 e. The lowest BCUT2D eigenvalue weighted by molar-refractivity contribution is -0.0815. The lowest BCUT2D eigenvalue weighted by atomic mass is 9.48. The van der Waals surface area contributed by atoms with Crippen LogP contribution in [0.5, 0.6) is 0 Å². The molecule has 5 aliphatic carbocycles. The number of amides is 4. The average molecular weight is 725 g/mol. The predicted octanol–water partition coefficient (Wildman–Crippen LogP) is 8.34. The van der Waals surface area contributed by atoms with Crippen molar-refractivity contribution < 1.29 is 27.6 Å². The van der Waals surface area contributed by atoms with Gasteiger partial charge in [0.15, 0.2) is 0 Å². The Labute approximate surface area is 308 Å². The van der Waals surface area contributed by atoms with Gasteiger partial charge < -0.3 is 0 Å². The average Bonchev–Trinajstić information content (AvgIpc) is 3.70. The van der Waals surface area contributed by atoms with Gasteiger partial charge in [-0.15, -0.1) is 0 Å². The van der Waals surface area contributed by atoms with Crippen molar-refractivity contribution in [2.24, 2.45) is 46.8 Å². The van der Waals surface area contributed by atoms with Crippen molar-refractivity contribution in [3.63, 3.8) is 0 Å². The zero-order chi connectivity index (χ0) is 36.1. The van der Waals surface area contributed by atoms with Gasteiger partial charge in [-0.25, -0.2) is 8.42 Å². The molecular formula is C43H52N2O6S. The molecule has 4 amide bonds. The van der Waals surface area contributed by atoms with Gasteiger partial charge in [-0.3, -0.25) is 29.0 Å². The number of carbonyl (C=O) groups is 4. The molecule has 2 aromatic carbocycles. The summed E-state index contributed by atoms with van der Waals surface area (Å²) in [6.45, 7) is 2.44. The summed E-state index contributed by atoms with van der Waals surface area (Å²) < 4.78 is 27.6. The van der Waals surface area contributed by atoms with Gasteiger partial charge in [-0.1, -0.05) is 45.4 Å². The first-order chi connectivity index (χ1) is 25.0. The highest BCUT2D eigenvalue weighted by Gasteiger charge is 2.65. The number of fused-ring (bicyclic) bond motifs is 5. The van der Waals surface area contributed by atoms with E-state index >= 15 is 0 Å². The molecule has 4 unspecified atom stereocenters. The van der Waals surface area contributed by atoms with Crippen molar-refractivity contribution in [1.29, 1.82) is 0 Å². The largest absolute Gasteiger partial charge is 0.277 e. The number of benzene rings is 2. The quantitative estimate of drug-likeness (QED) is 0.287. The molecular weight excluding hydrogens is 673 g/mol. The lowest BCUT2D eigenvalue weighted by Crippen LogP contribution is -2.51. The number of rotatable bonds is 5. The molecule has 276 valence electrons. The van der Waals surface area contributed by atoms with E-state index in [4.69, 9.17) is 0 Å². The summed E-state index contributed by atoms with van der Waals surface area (Å²) in [5.41, 5.74) is 0.978. The molecule has 2 heterocycles. The van der Waals surface area contributed by atoms with Gasteiger partial charge in [0.25, 0.3) is 23.6 Å². The molecule has 4 atom stereocenters. The summed E-state index contributed by atoms with van der Waals surface area (Å²) in [7, 11) is -2.78. The van der Waals surface area contributed by atoms with Crippen LogP contribution in [0.4, 0.5) is 0 Å². The Hall–Kier alpha value is -3.33. The van der Waals surface area contributed by atoms with Crippen molar-refractivity contribution in [2.75, 3.05) is 7.05 Å². The molecule has 5 saturated carbocycles. The predicted molar refractivity (Wildman–Crippen MR) is 195 cm³/mol. The third kappa shape index (κ3) is 4.92. The van der Waals surface area contributed by atoms with Crippen LogP contribution < -0.4 is 0 Å². The third-order valence-electron chi connectivity index (χ3n) is 15.5. The van der Waals surface area contributed by atoms with Crippen LogP contribution >= 0.6 is 0 Å². The minimum Gasteiger partial charge on any atom is -0.277 e. The molecule has 52 heavy (non-hydrogen) atoms. The highest BCUT2D eigenvalue weighted by Crippen LogP contribution is 2.72. The van der Waals surface area contributed by atoms with Crippen LogP contribution in [0.25, 0.3) is 0 Å². The number of hydrogen-bond acceptors (Lipinski definition) is 6. The van der Waals surface area contributed by atoms with Crippen molar-refractivity contribution in [2.45, 2.75) is 125 Å².